The van der Waals surface area contributed by atoms with Crippen molar-refractivity contribution in [3.05, 3.63) is 27.4 Å². The van der Waals surface area contributed by atoms with E-state index in [1.165, 1.54) is 0 Å². The van der Waals surface area contributed by atoms with Crippen LogP contribution in [0.2, 0.25) is 0 Å². The van der Waals surface area contributed by atoms with Crippen LogP contribution in [0.4, 0.5) is 0 Å². The molecule has 21 heavy (non-hydrogen) atoms. The number of rotatable bonds is 5. The van der Waals surface area contributed by atoms with Crippen molar-refractivity contribution in [3.8, 4) is 0 Å². The summed E-state index contributed by atoms with van der Waals surface area (Å²) in [5.41, 5.74) is -0.267. The molecule has 0 saturated carbocycles. The highest BCUT2D eigenvalue weighted by molar-refractivity contribution is 5.94. The van der Waals surface area contributed by atoms with Gasteiger partial charge in [-0.3, -0.25) is 9.59 Å². The largest absolute Gasteiger partial charge is 0.393 e. The molecule has 6 heteroatoms. The predicted octanol–water partition coefficient (Wildman–Crippen LogP) is 1.27. The summed E-state index contributed by atoms with van der Waals surface area (Å²) in [5.74, 6) is 0.105. The van der Waals surface area contributed by atoms with Gasteiger partial charge in [0.25, 0.3) is 11.5 Å². The zero-order valence-corrected chi connectivity index (χ0v) is 13.4. The lowest BCUT2D eigenvalue weighted by atomic mass is 9.95. The smallest absolute Gasteiger partial charge is 0.264 e. The van der Waals surface area contributed by atoms with Gasteiger partial charge in [-0.25, -0.2) is 4.98 Å². The number of carbonyl (C=O) groups excluding carboxylic acids is 1. The van der Waals surface area contributed by atoms with Crippen LogP contribution in [0.25, 0.3) is 0 Å². The Hall–Kier alpha value is -1.69. The third kappa shape index (κ3) is 4.67. The van der Waals surface area contributed by atoms with E-state index in [0.717, 1.165) is 0 Å². The molecule has 118 valence electrons. The summed E-state index contributed by atoms with van der Waals surface area (Å²) >= 11 is 0. The molecule has 0 saturated heterocycles. The van der Waals surface area contributed by atoms with Crippen LogP contribution < -0.4 is 10.9 Å². The molecule has 1 unspecified atom stereocenters. The lowest BCUT2D eigenvalue weighted by molar-refractivity contribution is 0.0939. The molecule has 0 aliphatic rings. The fourth-order valence-electron chi connectivity index (χ4n) is 1.85. The van der Waals surface area contributed by atoms with Crippen LogP contribution in [0.1, 0.15) is 62.4 Å². The van der Waals surface area contributed by atoms with E-state index in [1.54, 1.807) is 6.92 Å². The fraction of sp³-hybridized carbons (Fsp3) is 0.667. The van der Waals surface area contributed by atoms with E-state index < -0.39 is 17.6 Å². The van der Waals surface area contributed by atoms with Crippen molar-refractivity contribution in [3.63, 3.8) is 0 Å². The summed E-state index contributed by atoms with van der Waals surface area (Å²) in [6, 6.07) is 0. The molecule has 0 aromatic carbocycles. The average molecular weight is 295 g/mol. The van der Waals surface area contributed by atoms with Crippen molar-refractivity contribution >= 4 is 5.91 Å². The molecule has 0 bridgehead atoms. The van der Waals surface area contributed by atoms with Crippen LogP contribution in [0, 0.1) is 6.92 Å². The minimum atomic E-state index is -0.454. The third-order valence-corrected chi connectivity index (χ3v) is 3.27. The number of aromatic amines is 1. The molecule has 0 spiro atoms. The second-order valence-electron chi connectivity index (χ2n) is 6.23. The lowest BCUT2D eigenvalue weighted by Gasteiger charge is -2.18. The van der Waals surface area contributed by atoms with Gasteiger partial charge < -0.3 is 15.4 Å². The number of hydrogen-bond acceptors (Lipinski definition) is 4. The summed E-state index contributed by atoms with van der Waals surface area (Å²) in [5, 5.41) is 12.1. The molecule has 1 amide bonds. The Morgan fingerprint density at radius 3 is 2.52 bits per heavy atom. The van der Waals surface area contributed by atoms with Crippen LogP contribution in [-0.2, 0) is 5.41 Å². The van der Waals surface area contributed by atoms with Crippen molar-refractivity contribution in [2.45, 2.75) is 59.0 Å². The Morgan fingerprint density at radius 1 is 1.43 bits per heavy atom. The van der Waals surface area contributed by atoms with Gasteiger partial charge in [0.05, 0.1) is 11.8 Å². The number of aliphatic hydroxyl groups excluding tert-OH is 1. The molecule has 0 fully saturated rings. The quantitative estimate of drug-likeness (QED) is 0.762. The number of aliphatic hydroxyl groups is 1. The minimum absolute atomic E-state index is 0.0361. The first kappa shape index (κ1) is 17.4. The lowest BCUT2D eigenvalue weighted by Crippen LogP contribution is -2.35. The molecule has 0 aliphatic heterocycles. The molecule has 1 heterocycles. The number of aryl methyl sites for hydroxylation is 1. The van der Waals surface area contributed by atoms with Gasteiger partial charge >= 0.3 is 0 Å². The number of nitrogens with one attached hydrogen (secondary N) is 2. The zero-order valence-electron chi connectivity index (χ0n) is 13.4. The van der Waals surface area contributed by atoms with E-state index in [-0.39, 0.29) is 11.0 Å². The molecular formula is C15H25N3O3. The summed E-state index contributed by atoms with van der Waals surface area (Å²) in [7, 11) is 0. The van der Waals surface area contributed by atoms with Crippen molar-refractivity contribution in [2.24, 2.45) is 0 Å². The first-order valence-corrected chi connectivity index (χ1v) is 7.24. The monoisotopic (exact) mass is 295 g/mol. The van der Waals surface area contributed by atoms with Crippen LogP contribution in [0.15, 0.2) is 4.79 Å². The Bertz CT molecular complexity index is 558. The van der Waals surface area contributed by atoms with E-state index in [9.17, 15) is 14.7 Å². The highest BCUT2D eigenvalue weighted by atomic mass is 16.3. The van der Waals surface area contributed by atoms with Gasteiger partial charge in [-0.15, -0.1) is 0 Å². The fourth-order valence-corrected chi connectivity index (χ4v) is 1.85. The standard InChI is InChI=1S/C15H25N3O3/c1-6-10(19)7-8-16-12(20)11-9(2)17-14(15(3,4)5)18-13(11)21/h10,19H,6-8H2,1-5H3,(H,16,20)(H,17,18,21). The molecule has 1 aromatic heterocycles. The second kappa shape index (κ2) is 6.85. The minimum Gasteiger partial charge on any atom is -0.393 e. The van der Waals surface area contributed by atoms with Crippen LogP contribution in [0.3, 0.4) is 0 Å². The van der Waals surface area contributed by atoms with Gasteiger partial charge in [0.15, 0.2) is 0 Å². The molecule has 0 aliphatic carbocycles. The third-order valence-electron chi connectivity index (χ3n) is 3.27. The van der Waals surface area contributed by atoms with Crippen LogP contribution >= 0.6 is 0 Å². The predicted molar refractivity (Wildman–Crippen MR) is 81.5 cm³/mol. The Morgan fingerprint density at radius 2 is 2.05 bits per heavy atom. The molecule has 6 nitrogen and oxygen atoms in total. The zero-order chi connectivity index (χ0) is 16.2. The maximum atomic E-state index is 12.1. The summed E-state index contributed by atoms with van der Waals surface area (Å²) in [4.78, 5) is 31.2. The van der Waals surface area contributed by atoms with Crippen LogP contribution in [-0.4, -0.2) is 33.6 Å². The Balaban J connectivity index is 2.89. The highest BCUT2D eigenvalue weighted by Gasteiger charge is 2.22. The normalized spacial score (nSPS) is 13.0. The van der Waals surface area contributed by atoms with Gasteiger partial charge in [-0.2, -0.15) is 0 Å². The first-order chi connectivity index (χ1) is 9.66. The van der Waals surface area contributed by atoms with Crippen LogP contribution in [0.5, 0.6) is 0 Å². The molecule has 0 radical (unpaired) electrons. The number of aromatic nitrogens is 2. The topological polar surface area (TPSA) is 95.1 Å². The summed E-state index contributed by atoms with van der Waals surface area (Å²) in [6.45, 7) is 9.67. The Kier molecular flexibility index (Phi) is 5.66. The highest BCUT2D eigenvalue weighted by Crippen LogP contribution is 2.17. The van der Waals surface area contributed by atoms with Crippen molar-refractivity contribution in [2.75, 3.05) is 6.54 Å². The number of nitrogens with zero attached hydrogens (tertiary/aromatic N) is 1. The molecule has 1 atom stereocenters. The maximum Gasteiger partial charge on any atom is 0.264 e. The van der Waals surface area contributed by atoms with Gasteiger partial charge in [0.1, 0.15) is 11.4 Å². The van der Waals surface area contributed by atoms with E-state index >= 15 is 0 Å². The average Bonchev–Trinajstić information content (AvgIpc) is 2.36. The summed E-state index contributed by atoms with van der Waals surface area (Å²) in [6.07, 6.45) is 0.662. The molecule has 1 aromatic rings. The maximum absolute atomic E-state index is 12.1. The van der Waals surface area contributed by atoms with E-state index in [0.29, 0.717) is 30.9 Å². The van der Waals surface area contributed by atoms with Crippen molar-refractivity contribution in [1.82, 2.24) is 15.3 Å². The van der Waals surface area contributed by atoms with Gasteiger partial charge in [-0.05, 0) is 19.8 Å². The van der Waals surface area contributed by atoms with Gasteiger partial charge in [0, 0.05) is 12.0 Å². The Labute approximate surface area is 125 Å². The van der Waals surface area contributed by atoms with E-state index in [1.807, 2.05) is 27.7 Å². The number of hydrogen-bond donors (Lipinski definition) is 3. The first-order valence-electron chi connectivity index (χ1n) is 7.24. The number of amides is 1. The number of H-pyrrole nitrogens is 1. The van der Waals surface area contributed by atoms with Gasteiger partial charge in [-0.1, -0.05) is 27.7 Å². The number of carbonyl (C=O) groups is 1. The van der Waals surface area contributed by atoms with E-state index in [4.69, 9.17) is 0 Å². The SMILES string of the molecule is CCC(O)CCNC(=O)c1c(C)nc(C(C)(C)C)[nH]c1=O. The molecule has 1 rings (SSSR count). The van der Waals surface area contributed by atoms with Gasteiger partial charge in [0.2, 0.25) is 0 Å². The molecule has 3 N–H and O–H groups in total. The van der Waals surface area contributed by atoms with E-state index in [2.05, 4.69) is 15.3 Å². The molecular weight excluding hydrogens is 270 g/mol. The van der Waals surface area contributed by atoms with Crippen molar-refractivity contribution < 1.29 is 9.90 Å². The van der Waals surface area contributed by atoms with Crippen molar-refractivity contribution in [1.29, 1.82) is 0 Å². The summed E-state index contributed by atoms with van der Waals surface area (Å²) < 4.78 is 0. The second-order valence-corrected chi connectivity index (χ2v) is 6.23.